The Hall–Kier alpha value is -0.600. The first-order valence-electron chi connectivity index (χ1n) is 12.4. The normalized spacial score (nSPS) is 45.2. The number of allylic oxidation sites excluding steroid dienone is 3. The fourth-order valence-electron chi connectivity index (χ4n) is 8.07. The fourth-order valence-corrected chi connectivity index (χ4v) is 8.07. The minimum atomic E-state index is -0.414. The van der Waals surface area contributed by atoms with Crippen molar-refractivity contribution >= 4 is 0 Å². The van der Waals surface area contributed by atoms with Gasteiger partial charge in [0.05, 0.1) is 12.2 Å². The van der Waals surface area contributed by atoms with Crippen molar-refractivity contribution < 1.29 is 10.2 Å². The maximum absolute atomic E-state index is 11.0. The van der Waals surface area contributed by atoms with Gasteiger partial charge in [0.15, 0.2) is 0 Å². The predicted octanol–water partition coefficient (Wildman–Crippen LogP) is 6.28. The third kappa shape index (κ3) is 3.47. The molecule has 0 bridgehead atoms. The summed E-state index contributed by atoms with van der Waals surface area (Å²) < 4.78 is 0. The summed E-state index contributed by atoms with van der Waals surface area (Å²) >= 11 is 0. The van der Waals surface area contributed by atoms with Crippen molar-refractivity contribution in [2.45, 2.75) is 105 Å². The minimum absolute atomic E-state index is 0.161. The summed E-state index contributed by atoms with van der Waals surface area (Å²) in [6.07, 6.45) is 14.5. The van der Waals surface area contributed by atoms with E-state index in [0.717, 1.165) is 24.2 Å². The maximum Gasteiger partial charge on any atom is 0.0661 e. The van der Waals surface area contributed by atoms with Gasteiger partial charge in [-0.3, -0.25) is 0 Å². The highest BCUT2D eigenvalue weighted by molar-refractivity contribution is 5.40. The van der Waals surface area contributed by atoms with E-state index in [2.05, 4.69) is 46.8 Å². The Morgan fingerprint density at radius 3 is 2.48 bits per heavy atom. The lowest BCUT2D eigenvalue weighted by Crippen LogP contribution is -2.52. The van der Waals surface area contributed by atoms with Crippen LogP contribution in [0.25, 0.3) is 0 Å². The van der Waals surface area contributed by atoms with Crippen LogP contribution in [-0.2, 0) is 0 Å². The van der Waals surface area contributed by atoms with E-state index in [4.69, 9.17) is 0 Å². The molecule has 0 amide bonds. The highest BCUT2D eigenvalue weighted by Crippen LogP contribution is 2.66. The molecular weight excluding hydrogens is 356 g/mol. The molecule has 0 aromatic carbocycles. The van der Waals surface area contributed by atoms with Crippen LogP contribution in [0.4, 0.5) is 0 Å². The summed E-state index contributed by atoms with van der Waals surface area (Å²) in [5, 5.41) is 21.2. The number of hydrogen-bond acceptors (Lipinski definition) is 2. The highest BCUT2D eigenvalue weighted by atomic mass is 16.3. The molecule has 4 aliphatic rings. The summed E-state index contributed by atoms with van der Waals surface area (Å²) in [7, 11) is 0. The van der Waals surface area contributed by atoms with Crippen molar-refractivity contribution in [3.05, 3.63) is 23.3 Å². The van der Waals surface area contributed by atoms with Crippen LogP contribution in [0.5, 0.6) is 0 Å². The van der Waals surface area contributed by atoms with Crippen molar-refractivity contribution in [1.29, 1.82) is 0 Å². The first kappa shape index (κ1) is 21.6. The van der Waals surface area contributed by atoms with E-state index in [1.807, 2.05) is 0 Å². The van der Waals surface area contributed by atoms with Gasteiger partial charge in [-0.15, -0.1) is 0 Å². The van der Waals surface area contributed by atoms with Gasteiger partial charge in [0.1, 0.15) is 0 Å². The summed E-state index contributed by atoms with van der Waals surface area (Å²) in [5.41, 5.74) is 3.20. The molecule has 0 aromatic rings. The molecule has 164 valence electrons. The van der Waals surface area contributed by atoms with Crippen molar-refractivity contribution in [3.63, 3.8) is 0 Å². The summed E-state index contributed by atoms with van der Waals surface area (Å²) in [6.45, 7) is 12.1. The molecule has 3 saturated carbocycles. The van der Waals surface area contributed by atoms with E-state index in [1.54, 1.807) is 5.57 Å². The topological polar surface area (TPSA) is 40.5 Å². The number of rotatable bonds is 5. The van der Waals surface area contributed by atoms with Gasteiger partial charge >= 0.3 is 0 Å². The zero-order valence-corrected chi connectivity index (χ0v) is 19.5. The molecule has 0 radical (unpaired) electrons. The average molecular weight is 401 g/mol. The van der Waals surface area contributed by atoms with Crippen molar-refractivity contribution in [1.82, 2.24) is 0 Å². The van der Waals surface area contributed by atoms with Gasteiger partial charge in [-0.25, -0.2) is 0 Å². The molecule has 8 atom stereocenters. The fraction of sp³-hybridized carbons (Fsp3) is 0.852. The van der Waals surface area contributed by atoms with Crippen molar-refractivity contribution in [3.8, 4) is 0 Å². The van der Waals surface area contributed by atoms with E-state index >= 15 is 0 Å². The van der Waals surface area contributed by atoms with E-state index in [-0.39, 0.29) is 11.5 Å². The van der Waals surface area contributed by atoms with Crippen LogP contribution >= 0.6 is 0 Å². The minimum Gasteiger partial charge on any atom is -0.393 e. The smallest absolute Gasteiger partial charge is 0.0661 e. The van der Waals surface area contributed by atoms with Crippen LogP contribution in [-0.4, -0.2) is 22.4 Å². The second-order valence-electron chi connectivity index (χ2n) is 11.9. The monoisotopic (exact) mass is 400 g/mol. The Morgan fingerprint density at radius 2 is 1.76 bits per heavy atom. The van der Waals surface area contributed by atoms with Gasteiger partial charge in [-0.2, -0.15) is 0 Å². The molecule has 0 aromatic heterocycles. The number of aliphatic hydroxyl groups excluding tert-OH is 2. The molecule has 0 spiro atoms. The molecule has 4 rings (SSSR count). The van der Waals surface area contributed by atoms with Crippen LogP contribution < -0.4 is 0 Å². The maximum atomic E-state index is 11.0. The van der Waals surface area contributed by atoms with Gasteiger partial charge in [0.2, 0.25) is 0 Å². The van der Waals surface area contributed by atoms with Gasteiger partial charge in [-0.1, -0.05) is 77.2 Å². The van der Waals surface area contributed by atoms with Crippen LogP contribution in [0.15, 0.2) is 23.3 Å². The first-order valence-corrected chi connectivity index (χ1v) is 12.4. The Morgan fingerprint density at radius 1 is 1.00 bits per heavy atom. The van der Waals surface area contributed by atoms with Crippen molar-refractivity contribution in [2.24, 2.45) is 40.4 Å². The zero-order chi connectivity index (χ0) is 21.0. The second-order valence-corrected chi connectivity index (χ2v) is 11.9. The van der Waals surface area contributed by atoms with Crippen LogP contribution in [0.1, 0.15) is 92.4 Å². The lowest BCUT2D eigenvalue weighted by molar-refractivity contribution is -0.0544. The van der Waals surface area contributed by atoms with E-state index in [1.165, 1.54) is 50.5 Å². The van der Waals surface area contributed by atoms with Gasteiger partial charge in [-0.05, 0) is 67.1 Å². The van der Waals surface area contributed by atoms with E-state index in [0.29, 0.717) is 23.7 Å². The molecule has 4 aliphatic carbocycles. The Bertz CT molecular complexity index is 676. The number of hydrogen-bond donors (Lipinski definition) is 2. The van der Waals surface area contributed by atoms with Gasteiger partial charge in [0, 0.05) is 11.8 Å². The predicted molar refractivity (Wildman–Crippen MR) is 120 cm³/mol. The number of fused-ring (bicyclic) bond motifs is 5. The zero-order valence-electron chi connectivity index (χ0n) is 19.5. The Kier molecular flexibility index (Phi) is 5.84. The summed E-state index contributed by atoms with van der Waals surface area (Å²) in [4.78, 5) is 0. The van der Waals surface area contributed by atoms with E-state index < -0.39 is 6.10 Å². The van der Waals surface area contributed by atoms with E-state index in [9.17, 15) is 10.2 Å². The third-order valence-corrected chi connectivity index (χ3v) is 9.85. The Balaban J connectivity index is 1.55. The van der Waals surface area contributed by atoms with Crippen molar-refractivity contribution in [2.75, 3.05) is 0 Å². The largest absolute Gasteiger partial charge is 0.393 e. The molecule has 2 unspecified atom stereocenters. The lowest BCUT2D eigenvalue weighted by atomic mass is 9.49. The third-order valence-electron chi connectivity index (χ3n) is 9.85. The standard InChI is InChI=1S/C27H44O2/c1-17(2)7-6-8-18(3)22-11-12-23-21-10-9-19-15-20(28)16-25(29)27(19,5)24(21)13-14-26(22,23)4/h9-10,17-18,20,22-25,28-29H,6-8,11-16H2,1-5H3/t18-,20?,22-,23+,24+,25?,26-,27+/m1/s1. The first-order chi connectivity index (χ1) is 13.7. The van der Waals surface area contributed by atoms with Gasteiger partial charge in [0.25, 0.3) is 0 Å². The highest BCUT2D eigenvalue weighted by Gasteiger charge is 2.58. The average Bonchev–Trinajstić information content (AvgIpc) is 3.00. The molecule has 2 nitrogen and oxygen atoms in total. The SMILES string of the molecule is CC(C)CCC[C@@H](C)[C@H]1CC[C@H]2C3=CC=C4CC(O)CC(O)[C@]4(C)[C@H]3CC[C@]12C. The summed E-state index contributed by atoms with van der Waals surface area (Å²) in [5.74, 6) is 3.64. The van der Waals surface area contributed by atoms with Crippen LogP contribution in [0, 0.1) is 40.4 Å². The molecule has 2 N–H and O–H groups in total. The number of aliphatic hydroxyl groups is 2. The molecule has 29 heavy (non-hydrogen) atoms. The van der Waals surface area contributed by atoms with Gasteiger partial charge < -0.3 is 10.2 Å². The summed E-state index contributed by atoms with van der Waals surface area (Å²) in [6, 6.07) is 0. The quantitative estimate of drug-likeness (QED) is 0.570. The second kappa shape index (κ2) is 7.83. The molecule has 0 saturated heterocycles. The molecule has 3 fully saturated rings. The van der Waals surface area contributed by atoms with Crippen LogP contribution in [0.2, 0.25) is 0 Å². The van der Waals surface area contributed by atoms with Crippen LogP contribution in [0.3, 0.4) is 0 Å². The molecule has 0 aliphatic heterocycles. The Labute approximate surface area is 178 Å². The molecule has 2 heteroatoms. The molecular formula is C27H44O2. The molecule has 0 heterocycles. The lowest BCUT2D eigenvalue weighted by Gasteiger charge is -2.56.